The van der Waals surface area contributed by atoms with Gasteiger partial charge in [0.1, 0.15) is 18.4 Å². The van der Waals surface area contributed by atoms with Gasteiger partial charge in [-0.2, -0.15) is 0 Å². The van der Waals surface area contributed by atoms with Crippen LogP contribution in [0, 0.1) is 10.1 Å². The molecule has 0 aliphatic heterocycles. The predicted molar refractivity (Wildman–Crippen MR) is 82.1 cm³/mol. The third-order valence-corrected chi connectivity index (χ3v) is 3.09. The van der Waals surface area contributed by atoms with Crippen molar-refractivity contribution < 1.29 is 9.66 Å². The molecule has 3 aromatic rings. The molecule has 2 aromatic heterocycles. The summed E-state index contributed by atoms with van der Waals surface area (Å²) in [6.07, 6.45) is 5.77. The molecule has 2 heterocycles. The first-order valence-electron chi connectivity index (χ1n) is 6.58. The molecule has 0 saturated heterocycles. The molecule has 0 bridgehead atoms. The Morgan fingerprint density at radius 2 is 2.13 bits per heavy atom. The number of benzene rings is 1. The molecule has 0 radical (unpaired) electrons. The maximum atomic E-state index is 11.5. The maximum absolute atomic E-state index is 11.5. The Bertz CT molecular complexity index is 834. The zero-order valence-electron chi connectivity index (χ0n) is 12.1. The average molecular weight is 312 g/mol. The van der Waals surface area contributed by atoms with Crippen molar-refractivity contribution in [2.24, 2.45) is 0 Å². The highest BCUT2D eigenvalue weighted by molar-refractivity contribution is 5.73. The summed E-state index contributed by atoms with van der Waals surface area (Å²) in [5.41, 5.74) is 0.310. The van der Waals surface area contributed by atoms with Crippen LogP contribution >= 0.6 is 0 Å². The van der Waals surface area contributed by atoms with Gasteiger partial charge in [0, 0.05) is 12.4 Å². The zero-order chi connectivity index (χ0) is 16.2. The minimum atomic E-state index is -0.535. The number of nitrogens with one attached hydrogen (secondary N) is 1. The summed E-state index contributed by atoms with van der Waals surface area (Å²) in [4.78, 5) is 22.8. The van der Waals surface area contributed by atoms with E-state index < -0.39 is 4.92 Å². The Labute approximate surface area is 130 Å². The summed E-state index contributed by atoms with van der Waals surface area (Å²) in [7, 11) is 1.52. The highest BCUT2D eigenvalue weighted by Gasteiger charge is 2.24. The molecular formula is C14H12N6O3. The molecule has 1 aromatic carbocycles. The first-order chi connectivity index (χ1) is 11.2. The lowest BCUT2D eigenvalue weighted by Crippen LogP contribution is -2.07. The number of hydrogen-bond donors (Lipinski definition) is 1. The van der Waals surface area contributed by atoms with Gasteiger partial charge < -0.3 is 10.1 Å². The van der Waals surface area contributed by atoms with Crippen molar-refractivity contribution >= 4 is 17.2 Å². The highest BCUT2D eigenvalue weighted by atomic mass is 16.6. The highest BCUT2D eigenvalue weighted by Crippen LogP contribution is 2.33. The van der Waals surface area contributed by atoms with Crippen molar-refractivity contribution in [3.63, 3.8) is 0 Å². The van der Waals surface area contributed by atoms with Crippen LogP contribution in [-0.4, -0.2) is 31.6 Å². The minimum absolute atomic E-state index is 0.0678. The molecule has 9 heteroatoms. The van der Waals surface area contributed by atoms with Crippen molar-refractivity contribution in [2.75, 3.05) is 12.4 Å². The lowest BCUT2D eigenvalue weighted by molar-refractivity contribution is -0.384. The maximum Gasteiger partial charge on any atom is 0.354 e. The summed E-state index contributed by atoms with van der Waals surface area (Å²) in [6, 6.07) is 7.07. The molecule has 0 saturated carbocycles. The zero-order valence-corrected chi connectivity index (χ0v) is 12.1. The molecular weight excluding hydrogens is 300 g/mol. The second-order valence-electron chi connectivity index (χ2n) is 4.45. The van der Waals surface area contributed by atoms with Gasteiger partial charge in [-0.25, -0.2) is 15.0 Å². The monoisotopic (exact) mass is 312 g/mol. The normalized spacial score (nSPS) is 10.3. The number of ether oxygens (including phenoxy) is 1. The van der Waals surface area contributed by atoms with E-state index in [4.69, 9.17) is 4.74 Å². The second-order valence-corrected chi connectivity index (χ2v) is 4.45. The smallest absolute Gasteiger partial charge is 0.354 e. The van der Waals surface area contributed by atoms with E-state index in [1.807, 2.05) is 0 Å². The molecule has 0 atom stereocenters. The Morgan fingerprint density at radius 1 is 1.30 bits per heavy atom. The number of aromatic nitrogens is 4. The van der Waals surface area contributed by atoms with Crippen LogP contribution in [0.3, 0.4) is 0 Å². The average Bonchev–Trinajstić information content (AvgIpc) is 3.09. The van der Waals surface area contributed by atoms with Gasteiger partial charge in [0.2, 0.25) is 11.6 Å². The van der Waals surface area contributed by atoms with E-state index in [2.05, 4.69) is 20.3 Å². The predicted octanol–water partition coefficient (Wildman–Crippen LogP) is 2.32. The van der Waals surface area contributed by atoms with E-state index in [-0.39, 0.29) is 17.3 Å². The number of nitrogens with zero attached hydrogens (tertiary/aromatic N) is 5. The van der Waals surface area contributed by atoms with E-state index in [1.165, 1.54) is 30.5 Å². The molecule has 3 rings (SSSR count). The van der Waals surface area contributed by atoms with Crippen molar-refractivity contribution in [3.8, 4) is 11.6 Å². The van der Waals surface area contributed by atoms with Crippen LogP contribution in [0.1, 0.15) is 0 Å². The fourth-order valence-electron chi connectivity index (χ4n) is 2.08. The lowest BCUT2D eigenvalue weighted by Gasteiger charge is -2.11. The number of imidazole rings is 1. The summed E-state index contributed by atoms with van der Waals surface area (Å²) in [5.74, 6) is 0.739. The van der Waals surface area contributed by atoms with Gasteiger partial charge in [-0.15, -0.1) is 0 Å². The van der Waals surface area contributed by atoms with Gasteiger partial charge in [-0.1, -0.05) is 12.1 Å². The van der Waals surface area contributed by atoms with Gasteiger partial charge >= 0.3 is 5.69 Å². The number of para-hydroxylation sites is 2. The van der Waals surface area contributed by atoms with Gasteiger partial charge in [0.25, 0.3) is 0 Å². The van der Waals surface area contributed by atoms with Gasteiger partial charge in [0.15, 0.2) is 0 Å². The van der Waals surface area contributed by atoms with Crippen LogP contribution in [0.2, 0.25) is 0 Å². The van der Waals surface area contributed by atoms with Crippen LogP contribution in [0.15, 0.2) is 49.3 Å². The molecule has 0 aliphatic rings. The molecule has 116 valence electrons. The number of hydrogen-bond acceptors (Lipinski definition) is 7. The Hall–Kier alpha value is -3.49. The summed E-state index contributed by atoms with van der Waals surface area (Å²) in [6.45, 7) is 0. The lowest BCUT2D eigenvalue weighted by atomic mass is 10.3. The van der Waals surface area contributed by atoms with Crippen molar-refractivity contribution in [2.45, 2.75) is 0 Å². The van der Waals surface area contributed by atoms with Crippen LogP contribution in [0.4, 0.5) is 17.2 Å². The van der Waals surface area contributed by atoms with Gasteiger partial charge in [0.05, 0.1) is 17.7 Å². The van der Waals surface area contributed by atoms with E-state index in [0.29, 0.717) is 11.4 Å². The van der Waals surface area contributed by atoms with Gasteiger partial charge in [-0.3, -0.25) is 14.7 Å². The second kappa shape index (κ2) is 6.10. The fourth-order valence-corrected chi connectivity index (χ4v) is 2.08. The van der Waals surface area contributed by atoms with Crippen molar-refractivity contribution in [1.82, 2.24) is 19.5 Å². The topological polar surface area (TPSA) is 108 Å². The van der Waals surface area contributed by atoms with Crippen molar-refractivity contribution in [3.05, 3.63) is 59.4 Å². The summed E-state index contributed by atoms with van der Waals surface area (Å²) < 4.78 is 6.68. The third-order valence-electron chi connectivity index (χ3n) is 3.09. The first-order valence-corrected chi connectivity index (χ1v) is 6.58. The van der Waals surface area contributed by atoms with Crippen LogP contribution < -0.4 is 10.1 Å². The minimum Gasteiger partial charge on any atom is -0.495 e. The van der Waals surface area contributed by atoms with Crippen molar-refractivity contribution in [1.29, 1.82) is 0 Å². The third kappa shape index (κ3) is 2.79. The number of methoxy groups -OCH3 is 1. The first kappa shape index (κ1) is 14.4. The molecule has 0 aliphatic carbocycles. The van der Waals surface area contributed by atoms with E-state index in [0.717, 1.165) is 0 Å². The summed E-state index contributed by atoms with van der Waals surface area (Å²) >= 11 is 0. The molecule has 23 heavy (non-hydrogen) atoms. The van der Waals surface area contributed by atoms with Gasteiger partial charge in [-0.05, 0) is 12.1 Å². The van der Waals surface area contributed by atoms with Crippen LogP contribution in [0.5, 0.6) is 5.75 Å². The number of nitro groups is 1. The quantitative estimate of drug-likeness (QED) is 0.569. The number of anilines is 2. The standard InChI is InChI=1S/C14H12N6O3/c1-23-11-5-3-2-4-10(11)18-13-12(20(21)22)14(17-8-16-13)19-7-6-15-9-19/h2-9H,1H3,(H,16,17,18). The Kier molecular flexibility index (Phi) is 3.83. The fraction of sp³-hybridized carbons (Fsp3) is 0.0714. The SMILES string of the molecule is COc1ccccc1Nc1ncnc(-n2ccnc2)c1[N+](=O)[O-]. The molecule has 0 amide bonds. The molecule has 0 fully saturated rings. The molecule has 9 nitrogen and oxygen atoms in total. The molecule has 1 N–H and O–H groups in total. The molecule has 0 unspecified atom stereocenters. The van der Waals surface area contributed by atoms with E-state index in [9.17, 15) is 10.1 Å². The Morgan fingerprint density at radius 3 is 2.83 bits per heavy atom. The summed E-state index contributed by atoms with van der Waals surface area (Å²) in [5, 5.41) is 14.4. The van der Waals surface area contributed by atoms with Crippen LogP contribution in [-0.2, 0) is 0 Å². The Balaban J connectivity index is 2.09. The van der Waals surface area contributed by atoms with Crippen LogP contribution in [0.25, 0.3) is 5.82 Å². The number of rotatable bonds is 5. The molecule has 0 spiro atoms. The van der Waals surface area contributed by atoms with E-state index in [1.54, 1.807) is 30.5 Å². The van der Waals surface area contributed by atoms with E-state index >= 15 is 0 Å². The largest absolute Gasteiger partial charge is 0.495 e.